The summed E-state index contributed by atoms with van der Waals surface area (Å²) in [6.45, 7) is 1.50. The van der Waals surface area contributed by atoms with Crippen molar-refractivity contribution in [2.45, 2.75) is 12.8 Å². The summed E-state index contributed by atoms with van der Waals surface area (Å²) >= 11 is 11.6. The number of halogens is 2. The molecule has 6 heteroatoms. The summed E-state index contributed by atoms with van der Waals surface area (Å²) < 4.78 is 0. The van der Waals surface area contributed by atoms with Gasteiger partial charge >= 0.3 is 0 Å². The molecule has 4 nitrogen and oxygen atoms in total. The third-order valence-electron chi connectivity index (χ3n) is 3.20. The number of nitrogens with zero attached hydrogens (tertiary/aromatic N) is 2. The van der Waals surface area contributed by atoms with Crippen LogP contribution in [0.1, 0.15) is 23.2 Å². The van der Waals surface area contributed by atoms with Crippen molar-refractivity contribution in [3.8, 4) is 0 Å². The number of rotatable bonds is 2. The van der Waals surface area contributed by atoms with Gasteiger partial charge in [-0.25, -0.2) is 4.98 Å². The zero-order chi connectivity index (χ0) is 13.1. The van der Waals surface area contributed by atoms with Crippen molar-refractivity contribution in [1.82, 2.24) is 9.88 Å². The van der Waals surface area contributed by atoms with E-state index >= 15 is 0 Å². The quantitative estimate of drug-likeness (QED) is 0.849. The van der Waals surface area contributed by atoms with E-state index in [4.69, 9.17) is 28.3 Å². The summed E-state index contributed by atoms with van der Waals surface area (Å²) in [6.07, 6.45) is 3.10. The molecule has 0 bridgehead atoms. The molecule has 1 fully saturated rings. The molecule has 2 heterocycles. The SMILES string of the molecule is O=C(c1cnc(Cl)c(Cl)c1)N1CCC(CO)CC1. The van der Waals surface area contributed by atoms with Crippen LogP contribution < -0.4 is 0 Å². The van der Waals surface area contributed by atoms with Gasteiger partial charge in [0.15, 0.2) is 0 Å². The molecule has 0 spiro atoms. The zero-order valence-corrected chi connectivity index (χ0v) is 11.3. The first kappa shape index (κ1) is 13.6. The number of hydrogen-bond acceptors (Lipinski definition) is 3. The molecule has 1 aliphatic rings. The molecule has 1 N–H and O–H groups in total. The summed E-state index contributed by atoms with van der Waals surface area (Å²) in [5.74, 6) is 0.221. The van der Waals surface area contributed by atoms with Crippen LogP contribution in [-0.2, 0) is 0 Å². The highest BCUT2D eigenvalue weighted by Crippen LogP contribution is 2.22. The minimum absolute atomic E-state index is 0.0857. The van der Waals surface area contributed by atoms with E-state index in [9.17, 15) is 4.79 Å². The van der Waals surface area contributed by atoms with Crippen LogP contribution in [0.5, 0.6) is 0 Å². The maximum Gasteiger partial charge on any atom is 0.255 e. The van der Waals surface area contributed by atoms with E-state index in [0.29, 0.717) is 24.6 Å². The number of amides is 1. The van der Waals surface area contributed by atoms with Gasteiger partial charge in [-0.2, -0.15) is 0 Å². The van der Waals surface area contributed by atoms with E-state index in [2.05, 4.69) is 4.98 Å². The zero-order valence-electron chi connectivity index (χ0n) is 9.77. The molecule has 18 heavy (non-hydrogen) atoms. The van der Waals surface area contributed by atoms with E-state index in [1.165, 1.54) is 12.3 Å². The normalized spacial score (nSPS) is 16.9. The van der Waals surface area contributed by atoms with E-state index in [1.54, 1.807) is 4.90 Å². The second-order valence-corrected chi connectivity index (χ2v) is 5.18. The number of carbonyl (C=O) groups excluding carboxylic acids is 1. The molecule has 1 amide bonds. The smallest absolute Gasteiger partial charge is 0.255 e. The van der Waals surface area contributed by atoms with Crippen molar-refractivity contribution in [2.75, 3.05) is 19.7 Å². The highest BCUT2D eigenvalue weighted by atomic mass is 35.5. The Balaban J connectivity index is 2.05. The first-order chi connectivity index (χ1) is 8.61. The summed E-state index contributed by atoms with van der Waals surface area (Å²) in [6, 6.07) is 1.54. The lowest BCUT2D eigenvalue weighted by atomic mass is 9.97. The second kappa shape index (κ2) is 5.87. The molecule has 0 aliphatic carbocycles. The Morgan fingerprint density at radius 1 is 1.44 bits per heavy atom. The van der Waals surface area contributed by atoms with Crippen LogP contribution in [0.2, 0.25) is 10.2 Å². The van der Waals surface area contributed by atoms with Crippen LogP contribution in [0.3, 0.4) is 0 Å². The average molecular weight is 289 g/mol. The summed E-state index contributed by atoms with van der Waals surface area (Å²) in [4.78, 5) is 17.8. The van der Waals surface area contributed by atoms with Gasteiger partial charge in [0.2, 0.25) is 0 Å². The molecular formula is C12H14Cl2N2O2. The Labute approximate surface area is 116 Å². The standard InChI is InChI=1S/C12H14Cl2N2O2/c13-10-5-9(6-15-11(10)14)12(18)16-3-1-8(7-17)2-4-16/h5-6,8,17H,1-4,7H2. The van der Waals surface area contributed by atoms with Crippen LogP contribution in [-0.4, -0.2) is 40.6 Å². The molecule has 98 valence electrons. The van der Waals surface area contributed by atoms with Crippen molar-refractivity contribution in [1.29, 1.82) is 0 Å². The Hall–Kier alpha value is -0.840. The summed E-state index contributed by atoms with van der Waals surface area (Å²) in [5.41, 5.74) is 0.451. The maximum atomic E-state index is 12.2. The number of hydrogen-bond donors (Lipinski definition) is 1. The lowest BCUT2D eigenvalue weighted by Gasteiger charge is -2.31. The molecular weight excluding hydrogens is 275 g/mol. The van der Waals surface area contributed by atoms with Gasteiger partial charge in [0.1, 0.15) is 5.15 Å². The number of aliphatic hydroxyl groups excluding tert-OH is 1. The van der Waals surface area contributed by atoms with E-state index in [0.717, 1.165) is 12.8 Å². The van der Waals surface area contributed by atoms with Gasteiger partial charge in [0, 0.05) is 25.9 Å². The van der Waals surface area contributed by atoms with E-state index < -0.39 is 0 Å². The summed E-state index contributed by atoms with van der Waals surface area (Å²) in [7, 11) is 0. The Kier molecular flexibility index (Phi) is 4.43. The summed E-state index contributed by atoms with van der Waals surface area (Å²) in [5, 5.41) is 9.54. The monoisotopic (exact) mass is 288 g/mol. The molecule has 0 saturated carbocycles. The van der Waals surface area contributed by atoms with Gasteiger partial charge in [-0.1, -0.05) is 23.2 Å². The molecule has 0 atom stereocenters. The Morgan fingerprint density at radius 3 is 2.67 bits per heavy atom. The van der Waals surface area contributed by atoms with Crippen LogP contribution in [0.4, 0.5) is 0 Å². The predicted molar refractivity (Wildman–Crippen MR) is 70.0 cm³/mol. The minimum Gasteiger partial charge on any atom is -0.396 e. The third kappa shape index (κ3) is 2.94. The average Bonchev–Trinajstić information content (AvgIpc) is 2.41. The number of aliphatic hydroxyl groups is 1. The van der Waals surface area contributed by atoms with Gasteiger partial charge in [-0.3, -0.25) is 4.79 Å². The first-order valence-electron chi connectivity index (χ1n) is 5.83. The first-order valence-corrected chi connectivity index (χ1v) is 6.58. The lowest BCUT2D eigenvalue weighted by molar-refractivity contribution is 0.0650. The topological polar surface area (TPSA) is 53.4 Å². The second-order valence-electron chi connectivity index (χ2n) is 4.41. The van der Waals surface area contributed by atoms with Crippen molar-refractivity contribution in [3.63, 3.8) is 0 Å². The van der Waals surface area contributed by atoms with Gasteiger partial charge in [0.05, 0.1) is 10.6 Å². The Bertz CT molecular complexity index is 446. The van der Waals surface area contributed by atoms with Gasteiger partial charge in [-0.15, -0.1) is 0 Å². The fourth-order valence-corrected chi connectivity index (χ4v) is 2.31. The van der Waals surface area contributed by atoms with E-state index in [1.807, 2.05) is 0 Å². The van der Waals surface area contributed by atoms with E-state index in [-0.39, 0.29) is 22.7 Å². The molecule has 0 aromatic carbocycles. The highest BCUT2D eigenvalue weighted by Gasteiger charge is 2.23. The Morgan fingerprint density at radius 2 is 2.11 bits per heavy atom. The van der Waals surface area contributed by atoms with Gasteiger partial charge < -0.3 is 10.0 Å². The molecule has 1 aromatic rings. The number of carbonyl (C=O) groups is 1. The van der Waals surface area contributed by atoms with Gasteiger partial charge in [0.25, 0.3) is 5.91 Å². The van der Waals surface area contributed by atoms with Crippen molar-refractivity contribution in [2.24, 2.45) is 5.92 Å². The van der Waals surface area contributed by atoms with Crippen LogP contribution in [0, 0.1) is 5.92 Å². The van der Waals surface area contributed by atoms with Crippen LogP contribution >= 0.6 is 23.2 Å². The number of aromatic nitrogens is 1. The largest absolute Gasteiger partial charge is 0.396 e. The number of piperidine rings is 1. The van der Waals surface area contributed by atoms with Gasteiger partial charge in [-0.05, 0) is 24.8 Å². The highest BCUT2D eigenvalue weighted by molar-refractivity contribution is 6.41. The fraction of sp³-hybridized carbons (Fsp3) is 0.500. The van der Waals surface area contributed by atoms with Crippen molar-refractivity contribution >= 4 is 29.1 Å². The van der Waals surface area contributed by atoms with Crippen molar-refractivity contribution < 1.29 is 9.90 Å². The number of likely N-dealkylation sites (tertiary alicyclic amines) is 1. The lowest BCUT2D eigenvalue weighted by Crippen LogP contribution is -2.39. The third-order valence-corrected chi connectivity index (χ3v) is 3.89. The molecule has 1 saturated heterocycles. The molecule has 1 aromatic heterocycles. The molecule has 0 unspecified atom stereocenters. The predicted octanol–water partition coefficient (Wildman–Crippen LogP) is 2.23. The molecule has 2 rings (SSSR count). The van der Waals surface area contributed by atoms with Crippen LogP contribution in [0.15, 0.2) is 12.3 Å². The van der Waals surface area contributed by atoms with Crippen molar-refractivity contribution in [3.05, 3.63) is 28.0 Å². The minimum atomic E-state index is -0.0857. The van der Waals surface area contributed by atoms with Crippen LogP contribution in [0.25, 0.3) is 0 Å². The maximum absolute atomic E-state index is 12.2. The fourth-order valence-electron chi connectivity index (χ4n) is 2.04. The number of pyridine rings is 1. The molecule has 1 aliphatic heterocycles. The molecule has 0 radical (unpaired) electrons.